The number of halogens is 2. The van der Waals surface area contributed by atoms with Gasteiger partial charge in [0.25, 0.3) is 11.4 Å². The number of nitrogens with zero attached hydrogens (tertiary/aromatic N) is 1. The number of hydrogen-bond donors (Lipinski definition) is 4. The number of aliphatic hydroxyl groups is 3. The van der Waals surface area contributed by atoms with Crippen molar-refractivity contribution in [1.29, 1.82) is 0 Å². The second-order valence-corrected chi connectivity index (χ2v) is 5.07. The van der Waals surface area contributed by atoms with Crippen LogP contribution < -0.4 is 5.56 Å². The van der Waals surface area contributed by atoms with Gasteiger partial charge in [0.15, 0.2) is 11.0 Å². The lowest BCUT2D eigenvalue weighted by atomic mass is 9.95. The van der Waals surface area contributed by atoms with Gasteiger partial charge in [0, 0.05) is 0 Å². The van der Waals surface area contributed by atoms with Crippen LogP contribution in [0.25, 0.3) is 0 Å². The van der Waals surface area contributed by atoms with E-state index in [1.165, 1.54) is 0 Å². The number of aromatic nitrogens is 2. The van der Waals surface area contributed by atoms with Crippen molar-refractivity contribution in [3.05, 3.63) is 27.1 Å². The monoisotopic (exact) mass is 310 g/mol. The van der Waals surface area contributed by atoms with E-state index >= 15 is 0 Å². The lowest BCUT2D eigenvalue weighted by Crippen LogP contribution is -2.48. The van der Waals surface area contributed by atoms with Crippen molar-refractivity contribution in [1.82, 2.24) is 9.55 Å². The van der Waals surface area contributed by atoms with E-state index in [0.717, 1.165) is 11.5 Å². The summed E-state index contributed by atoms with van der Waals surface area (Å²) in [5.74, 6) is -4.16. The zero-order valence-corrected chi connectivity index (χ0v) is 11.0. The number of hydrogen-bond acceptors (Lipinski definition) is 6. The largest absolute Gasteiger partial charge is 0.390 e. The molecule has 0 radical (unpaired) electrons. The highest BCUT2D eigenvalue weighted by Crippen LogP contribution is 2.44. The molecular formula is C10H12F2N2O5S. The molecule has 112 valence electrons. The Morgan fingerprint density at radius 1 is 1.65 bits per heavy atom. The van der Waals surface area contributed by atoms with Crippen molar-refractivity contribution in [2.24, 2.45) is 0 Å². The number of alkyl halides is 1. The highest BCUT2D eigenvalue weighted by Gasteiger charge is 2.62. The molecule has 0 bridgehead atoms. The average molecular weight is 310 g/mol. The van der Waals surface area contributed by atoms with Crippen LogP contribution in [0, 0.1) is 10.6 Å². The SMILES string of the molecule is CC1(O)[C@@H](O)[C@@](F)(CO)O[C@H]1n1cc(F)c(=O)[nH]c1=S. The van der Waals surface area contributed by atoms with Gasteiger partial charge in [0.1, 0.15) is 18.3 Å². The molecule has 1 saturated heterocycles. The molecule has 0 aromatic carbocycles. The maximum absolute atomic E-state index is 14.1. The first kappa shape index (κ1) is 15.2. The zero-order valence-electron chi connectivity index (χ0n) is 10.2. The van der Waals surface area contributed by atoms with Crippen molar-refractivity contribution < 1.29 is 28.8 Å². The summed E-state index contributed by atoms with van der Waals surface area (Å²) in [7, 11) is 0. The van der Waals surface area contributed by atoms with E-state index in [4.69, 9.17) is 22.1 Å². The van der Waals surface area contributed by atoms with Gasteiger partial charge >= 0.3 is 0 Å². The lowest BCUT2D eigenvalue weighted by Gasteiger charge is -2.27. The van der Waals surface area contributed by atoms with Crippen LogP contribution in [0.15, 0.2) is 11.0 Å². The minimum absolute atomic E-state index is 0.337. The summed E-state index contributed by atoms with van der Waals surface area (Å²) in [5.41, 5.74) is -3.29. The van der Waals surface area contributed by atoms with Gasteiger partial charge in [-0.05, 0) is 19.1 Å². The normalized spacial score (nSPS) is 37.3. The fourth-order valence-corrected chi connectivity index (χ4v) is 2.28. The molecule has 1 aromatic heterocycles. The van der Waals surface area contributed by atoms with Gasteiger partial charge in [-0.15, -0.1) is 0 Å². The molecule has 10 heteroatoms. The number of H-pyrrole nitrogens is 1. The van der Waals surface area contributed by atoms with Gasteiger partial charge in [-0.3, -0.25) is 14.3 Å². The van der Waals surface area contributed by atoms with Crippen LogP contribution in [0.3, 0.4) is 0 Å². The predicted molar refractivity (Wildman–Crippen MR) is 63.5 cm³/mol. The Bertz CT molecular complexity index is 645. The van der Waals surface area contributed by atoms with Crippen LogP contribution in [0.2, 0.25) is 0 Å². The van der Waals surface area contributed by atoms with Gasteiger partial charge in [0.2, 0.25) is 5.82 Å². The van der Waals surface area contributed by atoms with Crippen molar-refractivity contribution in [2.45, 2.75) is 30.7 Å². The third-order valence-electron chi connectivity index (χ3n) is 3.16. The summed E-state index contributed by atoms with van der Waals surface area (Å²) in [6.45, 7) is -0.190. The van der Waals surface area contributed by atoms with Gasteiger partial charge in [-0.25, -0.2) is 4.39 Å². The van der Waals surface area contributed by atoms with E-state index in [1.54, 1.807) is 0 Å². The Balaban J connectivity index is 2.57. The van der Waals surface area contributed by atoms with Crippen LogP contribution in [0.5, 0.6) is 0 Å². The maximum atomic E-state index is 14.1. The molecule has 7 nitrogen and oxygen atoms in total. The molecule has 2 rings (SSSR count). The van der Waals surface area contributed by atoms with E-state index in [-0.39, 0.29) is 4.77 Å². The zero-order chi connectivity index (χ0) is 15.3. The Morgan fingerprint density at radius 3 is 2.75 bits per heavy atom. The Labute approximate surface area is 116 Å². The van der Waals surface area contributed by atoms with Crippen molar-refractivity contribution in [3.8, 4) is 0 Å². The number of aromatic amines is 1. The van der Waals surface area contributed by atoms with Crippen molar-refractivity contribution in [2.75, 3.05) is 6.61 Å². The molecule has 0 spiro atoms. The van der Waals surface area contributed by atoms with Gasteiger partial charge in [-0.2, -0.15) is 4.39 Å². The third-order valence-corrected chi connectivity index (χ3v) is 3.47. The van der Waals surface area contributed by atoms with Crippen molar-refractivity contribution >= 4 is 12.2 Å². The summed E-state index contributed by atoms with van der Waals surface area (Å²) in [6.07, 6.45) is -3.11. The lowest BCUT2D eigenvalue weighted by molar-refractivity contribution is -0.207. The summed E-state index contributed by atoms with van der Waals surface area (Å²) in [5, 5.41) is 28.7. The van der Waals surface area contributed by atoms with Crippen LogP contribution >= 0.6 is 12.2 Å². The summed E-state index contributed by atoms with van der Waals surface area (Å²) >= 11 is 4.77. The number of nitrogens with one attached hydrogen (secondary N) is 1. The highest BCUT2D eigenvalue weighted by molar-refractivity contribution is 7.71. The van der Waals surface area contributed by atoms with E-state index in [0.29, 0.717) is 6.20 Å². The van der Waals surface area contributed by atoms with Crippen LogP contribution in [0.4, 0.5) is 8.78 Å². The fraction of sp³-hybridized carbons (Fsp3) is 0.600. The molecule has 0 saturated carbocycles. The quantitative estimate of drug-likeness (QED) is 0.540. The Hall–Kier alpha value is -1.20. The molecule has 1 aliphatic heterocycles. The first-order valence-corrected chi connectivity index (χ1v) is 5.93. The number of aliphatic hydroxyl groups excluding tert-OH is 2. The van der Waals surface area contributed by atoms with Gasteiger partial charge in [0.05, 0.1) is 6.20 Å². The first-order valence-electron chi connectivity index (χ1n) is 5.52. The molecular weight excluding hydrogens is 298 g/mol. The predicted octanol–water partition coefficient (Wildman–Crippen LogP) is -0.656. The van der Waals surface area contributed by atoms with E-state index in [9.17, 15) is 23.8 Å². The molecule has 1 fully saturated rings. The molecule has 0 aliphatic carbocycles. The second kappa shape index (κ2) is 4.67. The first-order chi connectivity index (χ1) is 9.13. The number of ether oxygens (including phenoxy) is 1. The highest BCUT2D eigenvalue weighted by atomic mass is 32.1. The minimum atomic E-state index is -2.93. The molecule has 1 unspecified atom stereocenters. The molecule has 4 N–H and O–H groups in total. The average Bonchev–Trinajstić information content (AvgIpc) is 2.56. The maximum Gasteiger partial charge on any atom is 0.287 e. The molecule has 20 heavy (non-hydrogen) atoms. The van der Waals surface area contributed by atoms with Crippen LogP contribution in [-0.4, -0.2) is 49.0 Å². The van der Waals surface area contributed by atoms with Gasteiger partial charge in [-0.1, -0.05) is 0 Å². The summed E-state index contributed by atoms with van der Waals surface area (Å²) in [6, 6.07) is 0. The van der Waals surface area contributed by atoms with Crippen LogP contribution in [0.1, 0.15) is 13.2 Å². The van der Waals surface area contributed by atoms with Gasteiger partial charge < -0.3 is 20.1 Å². The fourth-order valence-electron chi connectivity index (χ4n) is 2.04. The molecule has 4 atom stereocenters. The van der Waals surface area contributed by atoms with E-state index < -0.39 is 41.8 Å². The molecule has 1 aromatic rings. The van der Waals surface area contributed by atoms with E-state index in [1.807, 2.05) is 4.98 Å². The second-order valence-electron chi connectivity index (χ2n) is 4.69. The summed E-state index contributed by atoms with van der Waals surface area (Å²) < 4.78 is 32.6. The summed E-state index contributed by atoms with van der Waals surface area (Å²) in [4.78, 5) is 13.0. The van der Waals surface area contributed by atoms with Crippen molar-refractivity contribution in [3.63, 3.8) is 0 Å². The van der Waals surface area contributed by atoms with Crippen LogP contribution in [-0.2, 0) is 4.74 Å². The molecule has 2 heterocycles. The minimum Gasteiger partial charge on any atom is -0.390 e. The molecule has 1 aliphatic rings. The topological polar surface area (TPSA) is 108 Å². The third kappa shape index (κ3) is 2.09. The smallest absolute Gasteiger partial charge is 0.287 e. The van der Waals surface area contributed by atoms with E-state index in [2.05, 4.69) is 0 Å². The Morgan fingerprint density at radius 2 is 2.25 bits per heavy atom. The standard InChI is InChI=1S/C10H12F2N2O5S/c1-9(18)6(17)10(12,3-15)19-7(9)14-2-4(11)5(16)13-8(14)20/h2,6-7,15,17-18H,3H2,1H3,(H,13,16,20)/t6-,7-,9?,10-/m1/s1. The molecule has 0 amide bonds. The Kier molecular flexibility index (Phi) is 3.55. The number of rotatable bonds is 2.